The Morgan fingerprint density at radius 1 is 1.08 bits per heavy atom. The van der Waals surface area contributed by atoms with Crippen molar-refractivity contribution in [1.82, 2.24) is 10.6 Å². The molecule has 1 rings (SSSR count). The number of ether oxygens (including phenoxy) is 2. The van der Waals surface area contributed by atoms with Crippen LogP contribution in [0, 0.1) is 0 Å². The maximum Gasteiger partial charge on any atom is 0.408 e. The molecule has 0 heterocycles. The molecule has 2 N–H and O–H groups in total. The van der Waals surface area contributed by atoms with Crippen molar-refractivity contribution >= 4 is 52.8 Å². The molecule has 0 aliphatic carbocycles. The van der Waals surface area contributed by atoms with Gasteiger partial charge >= 0.3 is 12.1 Å². The van der Waals surface area contributed by atoms with Gasteiger partial charge in [0.15, 0.2) is 5.75 Å². The molecular formula is C16H19Cl3N2O5. The van der Waals surface area contributed by atoms with E-state index in [1.165, 1.54) is 19.1 Å². The van der Waals surface area contributed by atoms with Crippen LogP contribution in [0.5, 0.6) is 5.75 Å². The van der Waals surface area contributed by atoms with E-state index in [9.17, 15) is 14.4 Å². The van der Waals surface area contributed by atoms with Crippen LogP contribution >= 0.6 is 34.8 Å². The molecule has 2 amide bonds. The first kappa shape index (κ1) is 22.3. The highest BCUT2D eigenvalue weighted by atomic mass is 35.5. The molecule has 0 unspecified atom stereocenters. The Kier molecular flexibility index (Phi) is 7.99. The van der Waals surface area contributed by atoms with E-state index in [1.807, 2.05) is 0 Å². The minimum atomic E-state index is -0.911. The molecule has 10 heteroatoms. The van der Waals surface area contributed by atoms with Gasteiger partial charge in [0, 0.05) is 6.07 Å². The fraction of sp³-hybridized carbons (Fsp3) is 0.438. The summed E-state index contributed by atoms with van der Waals surface area (Å²) in [6.45, 7) is 6.10. The van der Waals surface area contributed by atoms with Crippen molar-refractivity contribution in [2.24, 2.45) is 0 Å². The molecule has 0 aliphatic heterocycles. The van der Waals surface area contributed by atoms with Crippen molar-refractivity contribution in [3.05, 3.63) is 27.2 Å². The van der Waals surface area contributed by atoms with Gasteiger partial charge in [-0.05, 0) is 33.8 Å². The molecule has 0 aliphatic rings. The summed E-state index contributed by atoms with van der Waals surface area (Å²) in [6.07, 6.45) is -0.745. The molecule has 0 radical (unpaired) electrons. The number of hydrogen-bond donors (Lipinski definition) is 2. The fourth-order valence-corrected chi connectivity index (χ4v) is 2.18. The second-order valence-electron chi connectivity index (χ2n) is 6.26. The molecule has 0 saturated carbocycles. The van der Waals surface area contributed by atoms with Crippen LogP contribution in [0.4, 0.5) is 4.79 Å². The summed E-state index contributed by atoms with van der Waals surface area (Å²) in [4.78, 5) is 35.3. The summed E-state index contributed by atoms with van der Waals surface area (Å²) in [5, 5.41) is 5.16. The van der Waals surface area contributed by atoms with Crippen molar-refractivity contribution in [2.75, 3.05) is 6.54 Å². The van der Waals surface area contributed by atoms with Crippen molar-refractivity contribution in [1.29, 1.82) is 0 Å². The Morgan fingerprint density at radius 2 is 1.65 bits per heavy atom. The second-order valence-corrected chi connectivity index (χ2v) is 7.48. The van der Waals surface area contributed by atoms with Crippen molar-refractivity contribution in [2.45, 2.75) is 39.3 Å². The average molecular weight is 426 g/mol. The molecule has 0 spiro atoms. The average Bonchev–Trinajstić information content (AvgIpc) is 2.48. The van der Waals surface area contributed by atoms with Gasteiger partial charge in [-0.1, -0.05) is 34.8 Å². The zero-order chi connectivity index (χ0) is 20.1. The van der Waals surface area contributed by atoms with Gasteiger partial charge < -0.3 is 20.1 Å². The number of hydrogen-bond acceptors (Lipinski definition) is 5. The van der Waals surface area contributed by atoms with Gasteiger partial charge in [-0.25, -0.2) is 9.59 Å². The normalized spacial score (nSPS) is 12.1. The van der Waals surface area contributed by atoms with Crippen LogP contribution in [0.25, 0.3) is 0 Å². The molecule has 0 fully saturated rings. The van der Waals surface area contributed by atoms with E-state index in [2.05, 4.69) is 10.6 Å². The van der Waals surface area contributed by atoms with E-state index in [0.717, 1.165) is 0 Å². The van der Waals surface area contributed by atoms with Crippen LogP contribution in [0.1, 0.15) is 27.7 Å². The summed E-state index contributed by atoms with van der Waals surface area (Å²) in [5.74, 6) is -1.35. The smallest absolute Gasteiger partial charge is 0.408 e. The lowest BCUT2D eigenvalue weighted by Crippen LogP contribution is -2.47. The number of benzene rings is 1. The van der Waals surface area contributed by atoms with Crippen LogP contribution in [0.15, 0.2) is 12.1 Å². The number of esters is 1. The van der Waals surface area contributed by atoms with E-state index in [1.54, 1.807) is 20.8 Å². The Hall–Kier alpha value is -1.70. The lowest BCUT2D eigenvalue weighted by Gasteiger charge is -2.21. The Bertz CT molecular complexity index is 704. The van der Waals surface area contributed by atoms with Gasteiger partial charge in [0.2, 0.25) is 5.91 Å². The van der Waals surface area contributed by atoms with Crippen LogP contribution in [-0.4, -0.2) is 36.2 Å². The zero-order valence-corrected chi connectivity index (χ0v) is 16.9. The maximum atomic E-state index is 11.9. The summed E-state index contributed by atoms with van der Waals surface area (Å²) in [5.41, 5.74) is -0.691. The van der Waals surface area contributed by atoms with Crippen molar-refractivity contribution in [3.63, 3.8) is 0 Å². The molecule has 0 bridgehead atoms. The van der Waals surface area contributed by atoms with Crippen LogP contribution < -0.4 is 15.4 Å². The first-order chi connectivity index (χ1) is 11.9. The number of carbonyl (C=O) groups excluding carboxylic acids is 3. The minimum absolute atomic E-state index is 0.0141. The van der Waals surface area contributed by atoms with E-state index >= 15 is 0 Å². The molecular weight excluding hydrogens is 407 g/mol. The summed E-state index contributed by atoms with van der Waals surface area (Å²) in [7, 11) is 0. The number of rotatable bonds is 5. The summed E-state index contributed by atoms with van der Waals surface area (Å²) >= 11 is 17.5. The quantitative estimate of drug-likeness (QED) is 0.427. The molecule has 1 aromatic rings. The first-order valence-corrected chi connectivity index (χ1v) is 8.65. The van der Waals surface area contributed by atoms with Crippen LogP contribution in [0.2, 0.25) is 15.1 Å². The predicted octanol–water partition coefficient (Wildman–Crippen LogP) is 3.58. The number of carbonyl (C=O) groups is 3. The molecule has 0 saturated heterocycles. The second kappa shape index (κ2) is 9.30. The van der Waals surface area contributed by atoms with Gasteiger partial charge in [0.05, 0.1) is 15.1 Å². The fourth-order valence-electron chi connectivity index (χ4n) is 1.60. The standard InChI is InChI=1S/C16H19Cl3N2O5/c1-8(21-15(24)26-16(2,3)4)14(23)20-7-13(22)25-12-6-10(18)9(17)5-11(12)19/h5-6,8H,7H2,1-4H3,(H,20,23)(H,21,24)/t8-/m0/s1. The molecule has 26 heavy (non-hydrogen) atoms. The lowest BCUT2D eigenvalue weighted by atomic mass is 10.2. The maximum absolute atomic E-state index is 11.9. The van der Waals surface area contributed by atoms with Gasteiger partial charge in [-0.15, -0.1) is 0 Å². The lowest BCUT2D eigenvalue weighted by molar-refractivity contribution is -0.135. The SMILES string of the molecule is C[C@H](NC(=O)OC(C)(C)C)C(=O)NCC(=O)Oc1cc(Cl)c(Cl)cc1Cl. The zero-order valence-electron chi connectivity index (χ0n) is 14.6. The molecule has 0 aromatic heterocycles. The molecule has 7 nitrogen and oxygen atoms in total. The van der Waals surface area contributed by atoms with Crippen molar-refractivity contribution < 1.29 is 23.9 Å². The Labute approximate surface area is 166 Å². The largest absolute Gasteiger partial charge is 0.444 e. The number of amides is 2. The third kappa shape index (κ3) is 7.68. The van der Waals surface area contributed by atoms with Gasteiger partial charge in [0.1, 0.15) is 18.2 Å². The molecule has 144 valence electrons. The monoisotopic (exact) mass is 424 g/mol. The van der Waals surface area contributed by atoms with E-state index in [4.69, 9.17) is 44.3 Å². The number of alkyl carbamates (subject to hydrolysis) is 1. The minimum Gasteiger partial charge on any atom is -0.444 e. The summed E-state index contributed by atoms with van der Waals surface area (Å²) < 4.78 is 10.1. The Balaban J connectivity index is 2.50. The number of halogens is 3. The van der Waals surface area contributed by atoms with Gasteiger partial charge in [-0.2, -0.15) is 0 Å². The summed E-state index contributed by atoms with van der Waals surface area (Å²) in [6, 6.07) is 1.71. The molecule has 1 atom stereocenters. The number of nitrogens with one attached hydrogen (secondary N) is 2. The third-order valence-electron chi connectivity index (χ3n) is 2.73. The van der Waals surface area contributed by atoms with E-state index < -0.39 is 36.2 Å². The van der Waals surface area contributed by atoms with Crippen LogP contribution in [-0.2, 0) is 14.3 Å². The first-order valence-electron chi connectivity index (χ1n) is 7.51. The highest BCUT2D eigenvalue weighted by Crippen LogP contribution is 2.33. The predicted molar refractivity (Wildman–Crippen MR) is 98.9 cm³/mol. The van der Waals surface area contributed by atoms with Crippen LogP contribution in [0.3, 0.4) is 0 Å². The topological polar surface area (TPSA) is 93.7 Å². The third-order valence-corrected chi connectivity index (χ3v) is 3.75. The van der Waals surface area contributed by atoms with Gasteiger partial charge in [0.25, 0.3) is 0 Å². The van der Waals surface area contributed by atoms with E-state index in [0.29, 0.717) is 0 Å². The Morgan fingerprint density at radius 3 is 2.23 bits per heavy atom. The highest BCUT2D eigenvalue weighted by Gasteiger charge is 2.21. The van der Waals surface area contributed by atoms with Crippen molar-refractivity contribution in [3.8, 4) is 5.75 Å². The van der Waals surface area contributed by atoms with E-state index in [-0.39, 0.29) is 20.8 Å². The molecule has 1 aromatic carbocycles. The van der Waals surface area contributed by atoms with Gasteiger partial charge in [-0.3, -0.25) is 4.79 Å². The highest BCUT2D eigenvalue weighted by molar-refractivity contribution is 6.43.